The fourth-order valence-corrected chi connectivity index (χ4v) is 2.21. The molecular formula is C10H12F2N2O4S. The standard InChI is InChI=1S/C10H12F2N2O4S/c11-3-10(4-15)7(17)6(12)8(18-10)14-2-1-5(16)13-9(14)19/h1-2,6-8,15,17H,3-4H2,(H,13,16,19)/t6-,7?,8+,10+/m0/s1. The number of nitrogens with zero attached hydrogens (tertiary/aromatic N) is 1. The summed E-state index contributed by atoms with van der Waals surface area (Å²) in [4.78, 5) is 13.3. The SMILES string of the molecule is O=c1ccn([C@@H]2O[C@@](CO)(CF)C(O)[C@@H]2F)c(=S)[nH]1. The van der Waals surface area contributed by atoms with E-state index in [9.17, 15) is 18.7 Å². The van der Waals surface area contributed by atoms with Crippen LogP contribution in [0.3, 0.4) is 0 Å². The quantitative estimate of drug-likeness (QED) is 0.674. The molecule has 1 aliphatic rings. The van der Waals surface area contributed by atoms with Gasteiger partial charge in [-0.2, -0.15) is 0 Å². The lowest BCUT2D eigenvalue weighted by Crippen LogP contribution is -2.47. The van der Waals surface area contributed by atoms with Crippen LogP contribution in [0.15, 0.2) is 17.1 Å². The van der Waals surface area contributed by atoms with Crippen LogP contribution in [0, 0.1) is 4.77 Å². The fraction of sp³-hybridized carbons (Fsp3) is 0.600. The van der Waals surface area contributed by atoms with Crippen molar-refractivity contribution in [3.63, 3.8) is 0 Å². The second-order valence-electron chi connectivity index (χ2n) is 4.27. The predicted octanol–water partition coefficient (Wildman–Crippen LogP) is -0.166. The molecule has 0 amide bonds. The Labute approximate surface area is 111 Å². The van der Waals surface area contributed by atoms with Crippen LogP contribution in [0.5, 0.6) is 0 Å². The molecule has 1 unspecified atom stereocenters. The van der Waals surface area contributed by atoms with Gasteiger partial charge in [-0.05, 0) is 12.2 Å². The van der Waals surface area contributed by atoms with Crippen LogP contribution in [0.2, 0.25) is 0 Å². The maximum Gasteiger partial charge on any atom is 0.251 e. The number of alkyl halides is 2. The number of aromatic nitrogens is 2. The van der Waals surface area contributed by atoms with Crippen molar-refractivity contribution in [2.24, 2.45) is 0 Å². The zero-order valence-electron chi connectivity index (χ0n) is 9.62. The predicted molar refractivity (Wildman–Crippen MR) is 62.7 cm³/mol. The molecule has 0 saturated carbocycles. The summed E-state index contributed by atoms with van der Waals surface area (Å²) in [5.74, 6) is 0. The maximum atomic E-state index is 14.0. The van der Waals surface area contributed by atoms with Gasteiger partial charge in [-0.1, -0.05) is 0 Å². The van der Waals surface area contributed by atoms with E-state index in [0.717, 1.165) is 10.6 Å². The summed E-state index contributed by atoms with van der Waals surface area (Å²) in [6.07, 6.45) is -4.05. The molecule has 6 nitrogen and oxygen atoms in total. The Morgan fingerprint density at radius 2 is 2.32 bits per heavy atom. The average molecular weight is 294 g/mol. The number of H-pyrrole nitrogens is 1. The van der Waals surface area contributed by atoms with E-state index in [4.69, 9.17) is 22.1 Å². The fourth-order valence-electron chi connectivity index (χ4n) is 1.94. The highest BCUT2D eigenvalue weighted by molar-refractivity contribution is 7.71. The van der Waals surface area contributed by atoms with Crippen molar-refractivity contribution in [3.05, 3.63) is 27.4 Å². The van der Waals surface area contributed by atoms with Crippen LogP contribution in [0.1, 0.15) is 6.23 Å². The molecule has 1 saturated heterocycles. The van der Waals surface area contributed by atoms with Crippen molar-refractivity contribution in [2.45, 2.75) is 24.1 Å². The molecule has 0 aromatic carbocycles. The number of hydrogen-bond acceptors (Lipinski definition) is 5. The van der Waals surface area contributed by atoms with Crippen LogP contribution in [-0.4, -0.2) is 50.9 Å². The third-order valence-corrected chi connectivity index (χ3v) is 3.40. The number of hydrogen-bond donors (Lipinski definition) is 3. The van der Waals surface area contributed by atoms with Crippen LogP contribution >= 0.6 is 12.2 Å². The van der Waals surface area contributed by atoms with Crippen molar-refractivity contribution in [1.82, 2.24) is 9.55 Å². The lowest BCUT2D eigenvalue weighted by Gasteiger charge is -2.26. The molecule has 1 fully saturated rings. The molecule has 3 N–H and O–H groups in total. The van der Waals surface area contributed by atoms with Gasteiger partial charge in [0.05, 0.1) is 6.61 Å². The summed E-state index contributed by atoms with van der Waals surface area (Å²) >= 11 is 4.84. The highest BCUT2D eigenvalue weighted by Gasteiger charge is 2.56. The number of halogens is 2. The van der Waals surface area contributed by atoms with Gasteiger partial charge >= 0.3 is 0 Å². The monoisotopic (exact) mass is 294 g/mol. The number of ether oxygens (including phenoxy) is 1. The van der Waals surface area contributed by atoms with Crippen LogP contribution < -0.4 is 5.56 Å². The Morgan fingerprint density at radius 1 is 1.63 bits per heavy atom. The number of rotatable bonds is 3. The lowest BCUT2D eigenvalue weighted by molar-refractivity contribution is -0.137. The van der Waals surface area contributed by atoms with E-state index < -0.39 is 42.9 Å². The Morgan fingerprint density at radius 3 is 2.79 bits per heavy atom. The van der Waals surface area contributed by atoms with E-state index in [1.165, 1.54) is 6.20 Å². The second-order valence-corrected chi connectivity index (χ2v) is 4.66. The first-order valence-electron chi connectivity index (χ1n) is 5.43. The Kier molecular flexibility index (Phi) is 3.81. The summed E-state index contributed by atoms with van der Waals surface area (Å²) in [7, 11) is 0. The van der Waals surface area contributed by atoms with Crippen molar-refractivity contribution in [2.75, 3.05) is 13.3 Å². The summed E-state index contributed by atoms with van der Waals surface area (Å²) in [5.41, 5.74) is -2.50. The minimum atomic E-state index is -2.02. The molecule has 2 rings (SSSR count). The van der Waals surface area contributed by atoms with Gasteiger partial charge in [-0.3, -0.25) is 14.3 Å². The van der Waals surface area contributed by atoms with E-state index in [1.54, 1.807) is 0 Å². The Bertz CT molecular complexity index is 571. The zero-order chi connectivity index (χ0) is 14.2. The molecule has 1 aliphatic heterocycles. The topological polar surface area (TPSA) is 87.5 Å². The largest absolute Gasteiger partial charge is 0.393 e. The second kappa shape index (κ2) is 5.08. The van der Waals surface area contributed by atoms with E-state index in [-0.39, 0.29) is 4.77 Å². The third kappa shape index (κ3) is 2.22. The van der Waals surface area contributed by atoms with Crippen molar-refractivity contribution >= 4 is 12.2 Å². The zero-order valence-corrected chi connectivity index (χ0v) is 10.4. The summed E-state index contributed by atoms with van der Waals surface area (Å²) in [6, 6.07) is 1.09. The molecule has 19 heavy (non-hydrogen) atoms. The minimum absolute atomic E-state index is 0.125. The van der Waals surface area contributed by atoms with Crippen molar-refractivity contribution < 1.29 is 23.7 Å². The summed E-state index contributed by atoms with van der Waals surface area (Å²) in [5, 5.41) is 18.8. The van der Waals surface area contributed by atoms with Gasteiger partial charge in [0, 0.05) is 12.3 Å². The van der Waals surface area contributed by atoms with Crippen molar-refractivity contribution in [1.29, 1.82) is 0 Å². The minimum Gasteiger partial charge on any atom is -0.393 e. The molecule has 0 spiro atoms. The number of aliphatic hydroxyl groups excluding tert-OH is 2. The maximum absolute atomic E-state index is 14.0. The molecule has 0 bridgehead atoms. The van der Waals surface area contributed by atoms with Gasteiger partial charge in [0.25, 0.3) is 5.56 Å². The molecule has 2 heterocycles. The smallest absolute Gasteiger partial charge is 0.251 e. The molecule has 0 aliphatic carbocycles. The molecular weight excluding hydrogens is 282 g/mol. The first-order chi connectivity index (χ1) is 8.95. The normalized spacial score (nSPS) is 34.6. The van der Waals surface area contributed by atoms with E-state index in [1.807, 2.05) is 0 Å². The van der Waals surface area contributed by atoms with Gasteiger partial charge in [0.15, 0.2) is 22.8 Å². The van der Waals surface area contributed by atoms with Gasteiger partial charge in [-0.25, -0.2) is 8.78 Å². The van der Waals surface area contributed by atoms with Gasteiger partial charge < -0.3 is 14.9 Å². The first kappa shape index (κ1) is 14.3. The highest BCUT2D eigenvalue weighted by atomic mass is 32.1. The van der Waals surface area contributed by atoms with Crippen LogP contribution in [0.25, 0.3) is 0 Å². The average Bonchev–Trinajstić information content (AvgIpc) is 2.64. The number of nitrogens with one attached hydrogen (secondary N) is 1. The van der Waals surface area contributed by atoms with Crippen molar-refractivity contribution in [3.8, 4) is 0 Å². The molecule has 1 aromatic rings. The van der Waals surface area contributed by atoms with E-state index >= 15 is 0 Å². The highest BCUT2D eigenvalue weighted by Crippen LogP contribution is 2.39. The molecule has 4 atom stereocenters. The van der Waals surface area contributed by atoms with E-state index in [2.05, 4.69) is 4.98 Å². The van der Waals surface area contributed by atoms with Gasteiger partial charge in [-0.15, -0.1) is 0 Å². The molecule has 1 aromatic heterocycles. The van der Waals surface area contributed by atoms with Crippen LogP contribution in [0.4, 0.5) is 8.78 Å². The molecule has 0 radical (unpaired) electrons. The van der Waals surface area contributed by atoms with Gasteiger partial charge in [0.2, 0.25) is 0 Å². The summed E-state index contributed by atoms with van der Waals surface area (Å²) < 4.78 is 33.0. The molecule has 106 valence electrons. The number of aliphatic hydroxyl groups is 2. The first-order valence-corrected chi connectivity index (χ1v) is 5.84. The summed E-state index contributed by atoms with van der Waals surface area (Å²) in [6.45, 7) is -2.13. The Hall–Kier alpha value is -1.16. The Balaban J connectivity index is 2.42. The van der Waals surface area contributed by atoms with Gasteiger partial charge in [0.1, 0.15) is 12.8 Å². The number of aromatic amines is 1. The molecule has 9 heteroatoms. The van der Waals surface area contributed by atoms with Crippen LogP contribution in [-0.2, 0) is 4.74 Å². The lowest BCUT2D eigenvalue weighted by atomic mass is 9.98. The third-order valence-electron chi connectivity index (χ3n) is 3.09. The van der Waals surface area contributed by atoms with E-state index in [0.29, 0.717) is 0 Å².